The molecule has 1 aliphatic carbocycles. The van der Waals surface area contributed by atoms with Crippen LogP contribution in [0.5, 0.6) is 0 Å². The molecule has 0 spiro atoms. The van der Waals surface area contributed by atoms with E-state index in [-0.39, 0.29) is 0 Å². The van der Waals surface area contributed by atoms with Gasteiger partial charge in [0.1, 0.15) is 5.78 Å². The van der Waals surface area contributed by atoms with Gasteiger partial charge in [0.05, 0.1) is 0 Å². The average molecular weight is 213 g/mol. The van der Waals surface area contributed by atoms with Crippen LogP contribution >= 0.6 is 11.8 Å². The average Bonchev–Trinajstić information content (AvgIpc) is 2.13. The molecule has 1 saturated carbocycles. The normalized spacial score (nSPS) is 28.4. The van der Waals surface area contributed by atoms with Crippen molar-refractivity contribution in [2.45, 2.75) is 38.1 Å². The molecular formula is C11H19NOS. The number of rotatable bonds is 4. The van der Waals surface area contributed by atoms with Crippen LogP contribution in [0.15, 0.2) is 0 Å². The number of thioether (sulfide) groups is 1. The summed E-state index contributed by atoms with van der Waals surface area (Å²) in [5.41, 5.74) is 0. The first-order valence-electron chi connectivity index (χ1n) is 5.67. The van der Waals surface area contributed by atoms with Crippen LogP contribution < -0.4 is 5.32 Å². The molecule has 2 nitrogen and oxygen atoms in total. The van der Waals surface area contributed by atoms with Crippen LogP contribution in [0.4, 0.5) is 0 Å². The Hall–Kier alpha value is -0.0200. The Morgan fingerprint density at radius 1 is 1.36 bits per heavy atom. The molecule has 0 amide bonds. The summed E-state index contributed by atoms with van der Waals surface area (Å²) in [6, 6.07) is 0.460. The van der Waals surface area contributed by atoms with Crippen molar-refractivity contribution >= 4 is 17.5 Å². The van der Waals surface area contributed by atoms with Crippen LogP contribution in [0.1, 0.15) is 32.1 Å². The van der Waals surface area contributed by atoms with Crippen molar-refractivity contribution < 1.29 is 4.79 Å². The quantitative estimate of drug-likeness (QED) is 0.772. The second kappa shape index (κ2) is 5.17. The van der Waals surface area contributed by atoms with E-state index in [1.807, 2.05) is 11.8 Å². The molecular weight excluding hydrogens is 194 g/mol. The van der Waals surface area contributed by atoms with Gasteiger partial charge in [-0.25, -0.2) is 0 Å². The second-order valence-corrected chi connectivity index (χ2v) is 5.62. The van der Waals surface area contributed by atoms with Gasteiger partial charge in [-0.3, -0.25) is 4.79 Å². The highest BCUT2D eigenvalue weighted by Crippen LogP contribution is 2.30. The van der Waals surface area contributed by atoms with Crippen LogP contribution in [0.3, 0.4) is 0 Å². The third-order valence-electron chi connectivity index (χ3n) is 3.21. The van der Waals surface area contributed by atoms with Gasteiger partial charge in [0, 0.05) is 36.9 Å². The minimum absolute atomic E-state index is 0.460. The Morgan fingerprint density at radius 2 is 2.21 bits per heavy atom. The van der Waals surface area contributed by atoms with Gasteiger partial charge >= 0.3 is 0 Å². The summed E-state index contributed by atoms with van der Waals surface area (Å²) < 4.78 is 0. The molecule has 14 heavy (non-hydrogen) atoms. The van der Waals surface area contributed by atoms with Gasteiger partial charge in [0.25, 0.3) is 0 Å². The lowest BCUT2D eigenvalue weighted by Gasteiger charge is -2.26. The van der Waals surface area contributed by atoms with Crippen molar-refractivity contribution in [2.75, 3.05) is 18.1 Å². The zero-order valence-corrected chi connectivity index (χ0v) is 9.44. The Kier molecular flexibility index (Phi) is 3.88. The smallest absolute Gasteiger partial charge is 0.134 e. The maximum Gasteiger partial charge on any atom is 0.134 e. The number of hydrogen-bond acceptors (Lipinski definition) is 3. The highest BCUT2D eigenvalue weighted by atomic mass is 32.2. The van der Waals surface area contributed by atoms with Gasteiger partial charge in [-0.1, -0.05) is 19.3 Å². The SMILES string of the molecule is O=C(CC1CCC1)CC1CSCCN1. The monoisotopic (exact) mass is 213 g/mol. The standard InChI is InChI=1S/C11H19NOS/c13-11(6-9-2-1-3-9)7-10-8-14-5-4-12-10/h9-10,12H,1-8H2. The minimum atomic E-state index is 0.460. The molecule has 0 bridgehead atoms. The second-order valence-electron chi connectivity index (χ2n) is 4.47. The van der Waals surface area contributed by atoms with E-state index in [0.717, 1.165) is 31.1 Å². The maximum absolute atomic E-state index is 11.7. The number of Topliss-reactive ketones (excluding diaryl/α,β-unsaturated/α-hetero) is 1. The highest BCUT2D eigenvalue weighted by Gasteiger charge is 2.23. The van der Waals surface area contributed by atoms with E-state index in [9.17, 15) is 4.79 Å². The number of carbonyl (C=O) groups excluding carboxylic acids is 1. The van der Waals surface area contributed by atoms with E-state index in [2.05, 4.69) is 5.32 Å². The van der Waals surface area contributed by atoms with Gasteiger partial charge in [0.2, 0.25) is 0 Å². The number of ketones is 1. The summed E-state index contributed by atoms with van der Waals surface area (Å²) in [5.74, 6) is 3.54. The van der Waals surface area contributed by atoms with E-state index < -0.39 is 0 Å². The minimum Gasteiger partial charge on any atom is -0.312 e. The molecule has 2 rings (SSSR count). The van der Waals surface area contributed by atoms with E-state index >= 15 is 0 Å². The van der Waals surface area contributed by atoms with Crippen molar-refractivity contribution in [1.29, 1.82) is 0 Å². The zero-order chi connectivity index (χ0) is 9.80. The summed E-state index contributed by atoms with van der Waals surface area (Å²) in [7, 11) is 0. The van der Waals surface area contributed by atoms with Crippen LogP contribution in [0.2, 0.25) is 0 Å². The van der Waals surface area contributed by atoms with Gasteiger partial charge in [-0.2, -0.15) is 11.8 Å². The summed E-state index contributed by atoms with van der Waals surface area (Å²) >= 11 is 1.97. The molecule has 1 atom stereocenters. The summed E-state index contributed by atoms with van der Waals surface area (Å²) in [6.45, 7) is 1.08. The lowest BCUT2D eigenvalue weighted by Crippen LogP contribution is -2.39. The van der Waals surface area contributed by atoms with Gasteiger partial charge in [-0.15, -0.1) is 0 Å². The number of hydrogen-bond donors (Lipinski definition) is 1. The molecule has 0 aromatic rings. The molecule has 1 aliphatic heterocycles. The molecule has 1 saturated heterocycles. The van der Waals surface area contributed by atoms with Crippen LogP contribution in [0.25, 0.3) is 0 Å². The predicted molar refractivity (Wildman–Crippen MR) is 60.7 cm³/mol. The molecule has 2 fully saturated rings. The summed E-state index contributed by atoms with van der Waals surface area (Å²) in [4.78, 5) is 11.7. The fraction of sp³-hybridized carbons (Fsp3) is 0.909. The predicted octanol–water partition coefficient (Wildman–Crippen LogP) is 1.84. The van der Waals surface area contributed by atoms with Gasteiger partial charge < -0.3 is 5.32 Å². The molecule has 3 heteroatoms. The van der Waals surface area contributed by atoms with Crippen LogP contribution in [0, 0.1) is 5.92 Å². The van der Waals surface area contributed by atoms with Crippen molar-refractivity contribution in [3.8, 4) is 0 Å². The van der Waals surface area contributed by atoms with E-state index in [4.69, 9.17) is 0 Å². The Labute approximate surface area is 90.2 Å². The summed E-state index contributed by atoms with van der Waals surface area (Å²) in [6.07, 6.45) is 5.54. The lowest BCUT2D eigenvalue weighted by molar-refractivity contribution is -0.120. The largest absolute Gasteiger partial charge is 0.312 e. The third-order valence-corrected chi connectivity index (χ3v) is 4.34. The fourth-order valence-electron chi connectivity index (χ4n) is 2.13. The van der Waals surface area contributed by atoms with Crippen molar-refractivity contribution in [2.24, 2.45) is 5.92 Å². The Bertz CT molecular complexity index is 197. The molecule has 1 N–H and O–H groups in total. The number of carbonyl (C=O) groups is 1. The van der Waals surface area contributed by atoms with Crippen LogP contribution in [-0.4, -0.2) is 29.9 Å². The molecule has 0 aromatic heterocycles. The van der Waals surface area contributed by atoms with Gasteiger partial charge in [-0.05, 0) is 5.92 Å². The third kappa shape index (κ3) is 2.99. The van der Waals surface area contributed by atoms with Crippen molar-refractivity contribution in [1.82, 2.24) is 5.32 Å². The molecule has 80 valence electrons. The number of nitrogens with one attached hydrogen (secondary N) is 1. The first-order valence-corrected chi connectivity index (χ1v) is 6.83. The maximum atomic E-state index is 11.7. The Balaban J connectivity index is 1.64. The summed E-state index contributed by atoms with van der Waals surface area (Å²) in [5, 5.41) is 3.42. The van der Waals surface area contributed by atoms with E-state index in [1.54, 1.807) is 0 Å². The first-order chi connectivity index (χ1) is 6.84. The van der Waals surface area contributed by atoms with Gasteiger partial charge in [0.15, 0.2) is 0 Å². The lowest BCUT2D eigenvalue weighted by atomic mass is 9.81. The fourth-order valence-corrected chi connectivity index (χ4v) is 3.08. The zero-order valence-electron chi connectivity index (χ0n) is 8.63. The Morgan fingerprint density at radius 3 is 2.79 bits per heavy atom. The van der Waals surface area contributed by atoms with Crippen molar-refractivity contribution in [3.63, 3.8) is 0 Å². The topological polar surface area (TPSA) is 29.1 Å². The molecule has 1 heterocycles. The van der Waals surface area contributed by atoms with Crippen molar-refractivity contribution in [3.05, 3.63) is 0 Å². The first kappa shape index (κ1) is 10.5. The molecule has 0 radical (unpaired) electrons. The highest BCUT2D eigenvalue weighted by molar-refractivity contribution is 7.99. The molecule has 2 aliphatic rings. The molecule has 0 aromatic carbocycles. The van der Waals surface area contributed by atoms with E-state index in [1.165, 1.54) is 25.0 Å². The molecule has 1 unspecified atom stereocenters. The van der Waals surface area contributed by atoms with E-state index in [0.29, 0.717) is 11.8 Å². The van der Waals surface area contributed by atoms with Crippen LogP contribution in [-0.2, 0) is 4.79 Å².